The fraction of sp³-hybridized carbons (Fsp3) is 0.125. The molecule has 0 aliphatic carbocycles. The maximum Gasteiger partial charge on any atom is 0.261 e. The van der Waals surface area contributed by atoms with Crippen molar-refractivity contribution in [3.63, 3.8) is 0 Å². The summed E-state index contributed by atoms with van der Waals surface area (Å²) in [6, 6.07) is 9.19. The number of methoxy groups -OCH3 is 2. The zero-order valence-corrected chi connectivity index (χ0v) is 12.1. The van der Waals surface area contributed by atoms with Gasteiger partial charge >= 0.3 is 0 Å². The Hall–Kier alpha value is -3.02. The smallest absolute Gasteiger partial charge is 0.261 e. The second-order valence-corrected chi connectivity index (χ2v) is 4.94. The number of hydrogen-bond donors (Lipinski definition) is 1. The van der Waals surface area contributed by atoms with Crippen molar-refractivity contribution in [2.24, 2.45) is 0 Å². The molecule has 6 heteroatoms. The first-order valence-electron chi connectivity index (χ1n) is 6.77. The first kappa shape index (κ1) is 12.7. The molecule has 1 aromatic carbocycles. The lowest BCUT2D eigenvalue weighted by molar-refractivity contribution is 0.398. The summed E-state index contributed by atoms with van der Waals surface area (Å²) in [7, 11) is 3.11. The van der Waals surface area contributed by atoms with Crippen LogP contribution in [0, 0.1) is 0 Å². The number of hydrogen-bond acceptors (Lipinski definition) is 4. The lowest BCUT2D eigenvalue weighted by atomic mass is 10.1. The molecule has 0 spiro atoms. The van der Waals surface area contributed by atoms with Gasteiger partial charge in [-0.1, -0.05) is 6.07 Å². The standard InChI is InChI=1S/C16H13N3O3/c1-21-9-7-10-13(11(8-9)22-2)16(20)18-15-14(10)17-12-5-3-4-6-19(12)15/h3-8H,1-2H3,(H,18,20). The normalized spacial score (nSPS) is 11.4. The first-order valence-corrected chi connectivity index (χ1v) is 6.77. The zero-order chi connectivity index (χ0) is 15.3. The fourth-order valence-corrected chi connectivity index (χ4v) is 2.76. The lowest BCUT2D eigenvalue weighted by Crippen LogP contribution is -2.08. The van der Waals surface area contributed by atoms with Gasteiger partial charge in [-0.05, 0) is 18.2 Å². The van der Waals surface area contributed by atoms with Gasteiger partial charge in [0.05, 0.1) is 19.6 Å². The molecular formula is C16H13N3O3. The highest BCUT2D eigenvalue weighted by Gasteiger charge is 2.16. The van der Waals surface area contributed by atoms with E-state index in [1.54, 1.807) is 13.2 Å². The SMILES string of the molecule is COc1cc(OC)c2c(=O)[nH]c3c(nc4ccccn43)c2c1. The molecule has 0 atom stereocenters. The number of rotatable bonds is 2. The summed E-state index contributed by atoms with van der Waals surface area (Å²) in [4.78, 5) is 20.0. The quantitative estimate of drug-likeness (QED) is 0.616. The number of imidazole rings is 1. The van der Waals surface area contributed by atoms with Gasteiger partial charge in [-0.25, -0.2) is 4.98 Å². The second kappa shape index (κ2) is 4.49. The van der Waals surface area contributed by atoms with Gasteiger partial charge in [0.1, 0.15) is 28.3 Å². The molecule has 0 unspecified atom stereocenters. The summed E-state index contributed by atoms with van der Waals surface area (Å²) in [6.45, 7) is 0. The summed E-state index contributed by atoms with van der Waals surface area (Å²) < 4.78 is 12.5. The van der Waals surface area contributed by atoms with Crippen molar-refractivity contribution in [3.05, 3.63) is 46.9 Å². The molecule has 4 aromatic rings. The Balaban J connectivity index is 2.30. The number of aromatic amines is 1. The number of nitrogens with one attached hydrogen (secondary N) is 1. The predicted octanol–water partition coefficient (Wildman–Crippen LogP) is 2.35. The molecule has 0 saturated carbocycles. The number of pyridine rings is 2. The van der Waals surface area contributed by atoms with Crippen molar-refractivity contribution >= 4 is 27.6 Å². The topological polar surface area (TPSA) is 68.6 Å². The summed E-state index contributed by atoms with van der Waals surface area (Å²) in [5.41, 5.74) is 1.91. The van der Waals surface area contributed by atoms with Crippen LogP contribution >= 0.6 is 0 Å². The van der Waals surface area contributed by atoms with Crippen molar-refractivity contribution < 1.29 is 9.47 Å². The number of ether oxygens (including phenoxy) is 2. The summed E-state index contributed by atoms with van der Waals surface area (Å²) in [5.74, 6) is 1.09. The van der Waals surface area contributed by atoms with Crippen LogP contribution in [0.1, 0.15) is 0 Å². The summed E-state index contributed by atoms with van der Waals surface area (Å²) in [5, 5.41) is 1.18. The van der Waals surface area contributed by atoms with Crippen molar-refractivity contribution in [1.82, 2.24) is 14.4 Å². The van der Waals surface area contributed by atoms with Gasteiger partial charge < -0.3 is 14.5 Å². The molecule has 0 aliphatic heterocycles. The first-order chi connectivity index (χ1) is 10.7. The van der Waals surface area contributed by atoms with Gasteiger partial charge in [0, 0.05) is 17.6 Å². The molecule has 0 amide bonds. The number of H-pyrrole nitrogens is 1. The van der Waals surface area contributed by atoms with E-state index in [9.17, 15) is 4.79 Å². The molecule has 0 radical (unpaired) electrons. The van der Waals surface area contributed by atoms with Gasteiger partial charge in [0.25, 0.3) is 5.56 Å². The minimum atomic E-state index is -0.215. The van der Waals surface area contributed by atoms with Crippen LogP contribution in [0.2, 0.25) is 0 Å². The van der Waals surface area contributed by atoms with Crippen LogP contribution in [0.15, 0.2) is 41.3 Å². The number of aromatic nitrogens is 3. The Bertz CT molecular complexity index is 1080. The highest BCUT2D eigenvalue weighted by atomic mass is 16.5. The average Bonchev–Trinajstić information content (AvgIpc) is 2.92. The molecule has 0 aliphatic rings. The average molecular weight is 295 g/mol. The van der Waals surface area contributed by atoms with Gasteiger partial charge in [-0.3, -0.25) is 9.20 Å². The molecule has 110 valence electrons. The van der Waals surface area contributed by atoms with Crippen LogP contribution in [0.25, 0.3) is 27.6 Å². The third-order valence-electron chi connectivity index (χ3n) is 3.78. The highest BCUT2D eigenvalue weighted by Crippen LogP contribution is 2.32. The summed E-state index contributed by atoms with van der Waals surface area (Å²) >= 11 is 0. The molecule has 4 rings (SSSR count). The summed E-state index contributed by atoms with van der Waals surface area (Å²) in [6.07, 6.45) is 1.86. The largest absolute Gasteiger partial charge is 0.497 e. The third kappa shape index (κ3) is 1.60. The van der Waals surface area contributed by atoms with Crippen LogP contribution < -0.4 is 15.0 Å². The number of fused-ring (bicyclic) bond motifs is 5. The predicted molar refractivity (Wildman–Crippen MR) is 83.9 cm³/mol. The third-order valence-corrected chi connectivity index (χ3v) is 3.78. The van der Waals surface area contributed by atoms with E-state index < -0.39 is 0 Å². The molecule has 1 N–H and O–H groups in total. The van der Waals surface area contributed by atoms with Crippen molar-refractivity contribution in [1.29, 1.82) is 0 Å². The minimum Gasteiger partial charge on any atom is -0.497 e. The van der Waals surface area contributed by atoms with E-state index in [1.165, 1.54) is 7.11 Å². The second-order valence-electron chi connectivity index (χ2n) is 4.94. The number of nitrogens with zero attached hydrogens (tertiary/aromatic N) is 2. The molecule has 0 saturated heterocycles. The van der Waals surface area contributed by atoms with E-state index in [0.29, 0.717) is 33.4 Å². The lowest BCUT2D eigenvalue weighted by Gasteiger charge is -2.08. The van der Waals surface area contributed by atoms with Gasteiger partial charge in [0.15, 0.2) is 0 Å². The van der Waals surface area contributed by atoms with E-state index in [2.05, 4.69) is 9.97 Å². The van der Waals surface area contributed by atoms with E-state index in [1.807, 2.05) is 34.9 Å². The van der Waals surface area contributed by atoms with Crippen molar-refractivity contribution in [3.8, 4) is 11.5 Å². The molecule has 6 nitrogen and oxygen atoms in total. The Kier molecular flexibility index (Phi) is 2.59. The van der Waals surface area contributed by atoms with E-state index >= 15 is 0 Å². The monoisotopic (exact) mass is 295 g/mol. The molecule has 3 aromatic heterocycles. The minimum absolute atomic E-state index is 0.215. The van der Waals surface area contributed by atoms with E-state index in [0.717, 1.165) is 5.65 Å². The van der Waals surface area contributed by atoms with Crippen LogP contribution in [0.4, 0.5) is 0 Å². The van der Waals surface area contributed by atoms with Gasteiger partial charge in [0.2, 0.25) is 0 Å². The Labute approximate surface area is 124 Å². The van der Waals surface area contributed by atoms with Gasteiger partial charge in [-0.15, -0.1) is 0 Å². The molecule has 0 bridgehead atoms. The van der Waals surface area contributed by atoms with E-state index in [4.69, 9.17) is 9.47 Å². The fourth-order valence-electron chi connectivity index (χ4n) is 2.76. The molecule has 0 fully saturated rings. The molecular weight excluding hydrogens is 282 g/mol. The molecule has 3 heterocycles. The Morgan fingerprint density at radius 3 is 2.82 bits per heavy atom. The maximum absolute atomic E-state index is 12.5. The van der Waals surface area contributed by atoms with E-state index in [-0.39, 0.29) is 5.56 Å². The van der Waals surface area contributed by atoms with Crippen LogP contribution in [-0.4, -0.2) is 28.6 Å². The van der Waals surface area contributed by atoms with Crippen molar-refractivity contribution in [2.75, 3.05) is 14.2 Å². The van der Waals surface area contributed by atoms with Gasteiger partial charge in [-0.2, -0.15) is 0 Å². The van der Waals surface area contributed by atoms with Crippen LogP contribution in [-0.2, 0) is 0 Å². The Morgan fingerprint density at radius 1 is 1.18 bits per heavy atom. The van der Waals surface area contributed by atoms with Crippen LogP contribution in [0.3, 0.4) is 0 Å². The number of benzene rings is 1. The Morgan fingerprint density at radius 2 is 2.05 bits per heavy atom. The van der Waals surface area contributed by atoms with Crippen molar-refractivity contribution in [2.45, 2.75) is 0 Å². The van der Waals surface area contributed by atoms with Crippen LogP contribution in [0.5, 0.6) is 11.5 Å². The molecule has 22 heavy (non-hydrogen) atoms. The maximum atomic E-state index is 12.5. The zero-order valence-electron chi connectivity index (χ0n) is 12.1. The highest BCUT2D eigenvalue weighted by molar-refractivity contribution is 6.06.